The summed E-state index contributed by atoms with van der Waals surface area (Å²) in [5.41, 5.74) is 0. The molecule has 3 aromatic carbocycles. The fraction of sp³-hybridized carbons (Fsp3) is 0. The third-order valence-electron chi connectivity index (χ3n) is 2.94. The van der Waals surface area contributed by atoms with Crippen LogP contribution in [-0.2, 0) is 21.3 Å². The van der Waals surface area contributed by atoms with Crippen molar-refractivity contribution in [2.45, 2.75) is 14.7 Å². The van der Waals surface area contributed by atoms with Gasteiger partial charge < -0.3 is 0 Å². The molecular formula is C18H17O4S2+. The molecule has 0 aliphatic carbocycles. The highest BCUT2D eigenvalue weighted by atomic mass is 32.3. The first kappa shape index (κ1) is 18.2. The van der Waals surface area contributed by atoms with Gasteiger partial charge in [0.2, 0.25) is 0 Å². The van der Waals surface area contributed by atoms with E-state index in [-0.39, 0.29) is 10.9 Å². The lowest BCUT2D eigenvalue weighted by molar-refractivity contribution is 0.381. The smallest absolute Gasteiger partial charge is 0.264 e. The van der Waals surface area contributed by atoms with Gasteiger partial charge in [0.15, 0.2) is 14.7 Å². The highest BCUT2D eigenvalue weighted by Gasteiger charge is 2.27. The molecule has 0 unspecified atom stereocenters. The second-order valence-electron chi connectivity index (χ2n) is 4.69. The Morgan fingerprint density at radius 1 is 0.542 bits per heavy atom. The first-order chi connectivity index (χ1) is 11.4. The summed E-state index contributed by atoms with van der Waals surface area (Å²) in [6.45, 7) is 0. The molecular weight excluding hydrogens is 344 g/mol. The molecule has 0 atom stereocenters. The van der Waals surface area contributed by atoms with Crippen molar-refractivity contribution < 1.29 is 17.5 Å². The lowest BCUT2D eigenvalue weighted by Crippen LogP contribution is -2.04. The van der Waals surface area contributed by atoms with E-state index in [2.05, 4.69) is 91.0 Å². The van der Waals surface area contributed by atoms with Crippen LogP contribution in [0, 0.1) is 0 Å². The summed E-state index contributed by atoms with van der Waals surface area (Å²) in [6, 6.07) is 32.2. The average Bonchev–Trinajstić information content (AvgIpc) is 2.57. The van der Waals surface area contributed by atoms with Gasteiger partial charge in [-0.2, -0.15) is 8.42 Å². The molecule has 0 amide bonds. The first-order valence-corrected chi connectivity index (χ1v) is 9.66. The minimum atomic E-state index is -4.67. The zero-order chi connectivity index (χ0) is 17.4. The van der Waals surface area contributed by atoms with Crippen molar-refractivity contribution in [3.63, 3.8) is 0 Å². The quantitative estimate of drug-likeness (QED) is 0.543. The Labute approximate surface area is 144 Å². The number of benzene rings is 3. The molecule has 0 heterocycles. The summed E-state index contributed by atoms with van der Waals surface area (Å²) < 4.78 is 31.6. The van der Waals surface area contributed by atoms with E-state index in [4.69, 9.17) is 17.5 Å². The molecule has 0 bridgehead atoms. The van der Waals surface area contributed by atoms with E-state index in [0.29, 0.717) is 0 Å². The zero-order valence-electron chi connectivity index (χ0n) is 12.7. The SMILES string of the molecule is O=S(=O)(O)O.c1ccc([S+](c2ccccc2)c2ccccc2)cc1. The van der Waals surface area contributed by atoms with Gasteiger partial charge in [0.1, 0.15) is 0 Å². The van der Waals surface area contributed by atoms with Gasteiger partial charge in [-0.25, -0.2) is 0 Å². The normalized spacial score (nSPS) is 10.8. The molecule has 24 heavy (non-hydrogen) atoms. The van der Waals surface area contributed by atoms with Crippen molar-refractivity contribution in [1.29, 1.82) is 0 Å². The van der Waals surface area contributed by atoms with Gasteiger partial charge in [-0.15, -0.1) is 0 Å². The van der Waals surface area contributed by atoms with Crippen molar-refractivity contribution in [1.82, 2.24) is 0 Å². The monoisotopic (exact) mass is 361 g/mol. The Morgan fingerprint density at radius 2 is 0.750 bits per heavy atom. The maximum absolute atomic E-state index is 8.74. The van der Waals surface area contributed by atoms with Gasteiger partial charge in [-0.05, 0) is 36.4 Å². The van der Waals surface area contributed by atoms with Crippen LogP contribution in [0.25, 0.3) is 0 Å². The minimum absolute atomic E-state index is 0.0146. The molecule has 3 aromatic rings. The number of rotatable bonds is 3. The van der Waals surface area contributed by atoms with E-state index in [1.807, 2.05) is 0 Å². The van der Waals surface area contributed by atoms with Crippen molar-refractivity contribution in [3.05, 3.63) is 91.0 Å². The second kappa shape index (κ2) is 8.65. The summed E-state index contributed by atoms with van der Waals surface area (Å²) in [7, 11) is -4.68. The van der Waals surface area contributed by atoms with Crippen LogP contribution in [0.2, 0.25) is 0 Å². The van der Waals surface area contributed by atoms with Crippen LogP contribution in [0.5, 0.6) is 0 Å². The molecule has 0 spiro atoms. The highest BCUT2D eigenvalue weighted by Crippen LogP contribution is 2.30. The molecule has 2 N–H and O–H groups in total. The van der Waals surface area contributed by atoms with Crippen LogP contribution < -0.4 is 0 Å². The molecule has 0 fully saturated rings. The fourth-order valence-corrected chi connectivity index (χ4v) is 4.18. The molecule has 3 rings (SSSR count). The predicted octanol–water partition coefficient (Wildman–Crippen LogP) is 4.13. The molecule has 0 aliphatic heterocycles. The summed E-state index contributed by atoms with van der Waals surface area (Å²) in [5, 5.41) is 0. The van der Waals surface area contributed by atoms with Gasteiger partial charge in [-0.3, -0.25) is 9.11 Å². The van der Waals surface area contributed by atoms with E-state index >= 15 is 0 Å². The maximum atomic E-state index is 8.74. The Bertz CT molecular complexity index is 734. The minimum Gasteiger partial charge on any atom is -0.264 e. The van der Waals surface area contributed by atoms with E-state index in [9.17, 15) is 0 Å². The van der Waals surface area contributed by atoms with Gasteiger partial charge in [-0.1, -0.05) is 54.6 Å². The van der Waals surface area contributed by atoms with E-state index in [1.54, 1.807) is 0 Å². The molecule has 0 aromatic heterocycles. The first-order valence-electron chi connectivity index (χ1n) is 7.04. The van der Waals surface area contributed by atoms with Crippen LogP contribution in [-0.4, -0.2) is 17.5 Å². The molecule has 0 radical (unpaired) electrons. The Kier molecular flexibility index (Phi) is 6.57. The van der Waals surface area contributed by atoms with Crippen molar-refractivity contribution in [2.24, 2.45) is 0 Å². The predicted molar refractivity (Wildman–Crippen MR) is 95.7 cm³/mol. The van der Waals surface area contributed by atoms with Crippen LogP contribution in [0.4, 0.5) is 0 Å². The lowest BCUT2D eigenvalue weighted by Gasteiger charge is -2.07. The van der Waals surface area contributed by atoms with Crippen LogP contribution >= 0.6 is 0 Å². The largest absolute Gasteiger partial charge is 0.394 e. The number of hydrogen-bond acceptors (Lipinski definition) is 2. The van der Waals surface area contributed by atoms with E-state index in [1.165, 1.54) is 14.7 Å². The topological polar surface area (TPSA) is 74.6 Å². The van der Waals surface area contributed by atoms with Gasteiger partial charge in [0, 0.05) is 0 Å². The third kappa shape index (κ3) is 6.17. The summed E-state index contributed by atoms with van der Waals surface area (Å²) >= 11 is 0. The van der Waals surface area contributed by atoms with E-state index in [0.717, 1.165) is 0 Å². The van der Waals surface area contributed by atoms with Crippen LogP contribution in [0.3, 0.4) is 0 Å². The lowest BCUT2D eigenvalue weighted by atomic mass is 10.4. The zero-order valence-corrected chi connectivity index (χ0v) is 14.3. The standard InChI is InChI=1S/C18H15S.H2O4S/c1-4-10-16(11-5-1)19(17-12-6-2-7-13-17)18-14-8-3-9-15-18;1-5(2,3)4/h1-15H;(H2,1,2,3,4)/q+1;. The Hall–Kier alpha value is -2.12. The van der Waals surface area contributed by atoms with Crippen molar-refractivity contribution >= 4 is 21.3 Å². The summed E-state index contributed by atoms with van der Waals surface area (Å²) in [5.74, 6) is 0. The number of hydrogen-bond donors (Lipinski definition) is 2. The second-order valence-corrected chi connectivity index (χ2v) is 7.62. The molecule has 4 nitrogen and oxygen atoms in total. The molecule has 0 aliphatic rings. The van der Waals surface area contributed by atoms with Gasteiger partial charge in [0.05, 0.1) is 10.9 Å². The van der Waals surface area contributed by atoms with Gasteiger partial charge >= 0.3 is 10.4 Å². The van der Waals surface area contributed by atoms with Crippen molar-refractivity contribution in [2.75, 3.05) is 0 Å². The molecule has 6 heteroatoms. The summed E-state index contributed by atoms with van der Waals surface area (Å²) in [4.78, 5) is 4.08. The Balaban J connectivity index is 0.000000368. The fourth-order valence-electron chi connectivity index (χ4n) is 2.08. The van der Waals surface area contributed by atoms with E-state index < -0.39 is 10.4 Å². The maximum Gasteiger partial charge on any atom is 0.394 e. The molecule has 0 saturated heterocycles. The average molecular weight is 361 g/mol. The highest BCUT2D eigenvalue weighted by molar-refractivity contribution is 7.97. The molecule has 0 saturated carbocycles. The van der Waals surface area contributed by atoms with Crippen molar-refractivity contribution in [3.8, 4) is 0 Å². The van der Waals surface area contributed by atoms with Gasteiger partial charge in [0.25, 0.3) is 0 Å². The Morgan fingerprint density at radius 3 is 0.958 bits per heavy atom. The molecule has 124 valence electrons. The third-order valence-corrected chi connectivity index (χ3v) is 5.17. The van der Waals surface area contributed by atoms with Crippen LogP contribution in [0.1, 0.15) is 0 Å². The summed E-state index contributed by atoms with van der Waals surface area (Å²) in [6.07, 6.45) is 0. The van der Waals surface area contributed by atoms with Crippen LogP contribution in [0.15, 0.2) is 106 Å².